The van der Waals surface area contributed by atoms with Crippen molar-refractivity contribution in [3.05, 3.63) is 121 Å². The molecule has 34 heavy (non-hydrogen) atoms. The quantitative estimate of drug-likeness (QED) is 0.231. The van der Waals surface area contributed by atoms with Crippen molar-refractivity contribution in [3.63, 3.8) is 0 Å². The lowest BCUT2D eigenvalue weighted by molar-refractivity contribution is 0.136. The van der Waals surface area contributed by atoms with Crippen LogP contribution in [0.1, 0.15) is 33.1 Å². The van der Waals surface area contributed by atoms with Crippen LogP contribution in [0.25, 0.3) is 0 Å². The average molecular weight is 481 g/mol. The summed E-state index contributed by atoms with van der Waals surface area (Å²) < 4.78 is 0. The minimum absolute atomic E-state index is 0.229. The van der Waals surface area contributed by atoms with Crippen LogP contribution in [0.5, 0.6) is 0 Å². The van der Waals surface area contributed by atoms with E-state index in [1.807, 2.05) is 0 Å². The van der Waals surface area contributed by atoms with E-state index in [4.69, 9.17) is 0 Å². The van der Waals surface area contributed by atoms with E-state index in [0.717, 1.165) is 5.92 Å². The Hall–Kier alpha value is -2.26. The lowest BCUT2D eigenvalue weighted by Crippen LogP contribution is -2.44. The fourth-order valence-electron chi connectivity index (χ4n) is 5.36. The van der Waals surface area contributed by atoms with Crippen molar-refractivity contribution in [3.8, 4) is 0 Å². The topological polar surface area (TPSA) is 0 Å². The van der Waals surface area contributed by atoms with Gasteiger partial charge in [-0.2, -0.15) is 0 Å². The van der Waals surface area contributed by atoms with Crippen LogP contribution in [-0.4, -0.2) is 5.40 Å². The van der Waals surface area contributed by atoms with Gasteiger partial charge < -0.3 is 0 Å². The maximum Gasteiger partial charge on any atom is 0.0208 e. The molecule has 1 aliphatic rings. The Morgan fingerprint density at radius 1 is 0.529 bits per heavy atom. The lowest BCUT2D eigenvalue weighted by atomic mass is 9.68. The molecule has 0 bridgehead atoms. The third-order valence-corrected chi connectivity index (χ3v) is 14.6. The van der Waals surface area contributed by atoms with Gasteiger partial charge >= 0.3 is 0 Å². The summed E-state index contributed by atoms with van der Waals surface area (Å²) in [4.78, 5) is 0. The van der Waals surface area contributed by atoms with Crippen LogP contribution in [0.4, 0.5) is 0 Å². The second kappa shape index (κ2) is 10.6. The van der Waals surface area contributed by atoms with E-state index in [2.05, 4.69) is 135 Å². The van der Waals surface area contributed by atoms with Gasteiger partial charge in [-0.3, -0.25) is 0 Å². The molecule has 172 valence electrons. The summed E-state index contributed by atoms with van der Waals surface area (Å²) >= 11 is 0. The van der Waals surface area contributed by atoms with Crippen molar-refractivity contribution in [2.75, 3.05) is 0 Å². The number of rotatable bonds is 8. The Balaban J connectivity index is 1.77. The van der Waals surface area contributed by atoms with Gasteiger partial charge in [0.25, 0.3) is 0 Å². The maximum atomic E-state index is 2.59. The van der Waals surface area contributed by atoms with E-state index >= 15 is 0 Å². The van der Waals surface area contributed by atoms with Crippen molar-refractivity contribution in [1.29, 1.82) is 0 Å². The standard InChI is InChI=1S/C32H34P2/c1-32(2,26-16-15-17-26)31(33(27-18-7-3-8-19-27)28-20-9-4-10-21-28)34(29-22-11-5-12-23-29)30-24-13-6-14-25-30/h3-14,18-26,31H,15-17H2,1-2H3. The van der Waals surface area contributed by atoms with E-state index in [9.17, 15) is 0 Å². The monoisotopic (exact) mass is 480 g/mol. The molecule has 1 saturated carbocycles. The summed E-state index contributed by atoms with van der Waals surface area (Å²) in [5.41, 5.74) is 0.229. The third kappa shape index (κ3) is 4.77. The molecule has 0 spiro atoms. The normalized spacial score (nSPS) is 14.5. The van der Waals surface area contributed by atoms with Crippen molar-refractivity contribution in [2.45, 2.75) is 38.5 Å². The summed E-state index contributed by atoms with van der Waals surface area (Å²) in [5, 5.41) is 6.54. The highest BCUT2D eigenvalue weighted by atomic mass is 31.2. The Morgan fingerprint density at radius 3 is 1.06 bits per heavy atom. The van der Waals surface area contributed by atoms with Crippen molar-refractivity contribution in [1.82, 2.24) is 0 Å². The fourth-order valence-corrected chi connectivity index (χ4v) is 13.3. The molecule has 0 aromatic heterocycles. The number of hydrogen-bond acceptors (Lipinski definition) is 0. The Bertz CT molecular complexity index is 991. The Kier molecular flexibility index (Phi) is 7.29. The van der Waals surface area contributed by atoms with E-state index in [1.54, 1.807) is 0 Å². The minimum atomic E-state index is -0.564. The first-order valence-electron chi connectivity index (χ1n) is 12.4. The first kappa shape index (κ1) is 23.5. The van der Waals surface area contributed by atoms with Gasteiger partial charge in [0.2, 0.25) is 0 Å². The van der Waals surface area contributed by atoms with Crippen LogP contribution in [0.2, 0.25) is 0 Å². The molecular weight excluding hydrogens is 446 g/mol. The third-order valence-electron chi connectivity index (χ3n) is 7.45. The molecule has 4 aromatic carbocycles. The van der Waals surface area contributed by atoms with Crippen LogP contribution in [-0.2, 0) is 0 Å². The smallest absolute Gasteiger partial charge is 0.0208 e. The molecule has 0 heterocycles. The van der Waals surface area contributed by atoms with Crippen LogP contribution in [0.3, 0.4) is 0 Å². The van der Waals surface area contributed by atoms with Gasteiger partial charge in [0.15, 0.2) is 0 Å². The zero-order valence-corrected chi connectivity index (χ0v) is 22.0. The van der Waals surface area contributed by atoms with Crippen molar-refractivity contribution in [2.24, 2.45) is 11.3 Å². The predicted octanol–water partition coefficient (Wildman–Crippen LogP) is 7.40. The molecule has 0 aliphatic heterocycles. The molecule has 1 fully saturated rings. The van der Waals surface area contributed by atoms with E-state index < -0.39 is 15.8 Å². The molecule has 0 saturated heterocycles. The maximum absolute atomic E-state index is 2.59. The molecule has 0 unspecified atom stereocenters. The highest BCUT2D eigenvalue weighted by Crippen LogP contribution is 2.66. The van der Waals surface area contributed by atoms with Gasteiger partial charge in [-0.15, -0.1) is 0 Å². The molecule has 0 atom stereocenters. The average Bonchev–Trinajstić information content (AvgIpc) is 2.85. The van der Waals surface area contributed by atoms with E-state index in [0.29, 0.717) is 5.40 Å². The minimum Gasteiger partial charge on any atom is -0.0622 e. The van der Waals surface area contributed by atoms with Crippen LogP contribution in [0.15, 0.2) is 121 Å². The van der Waals surface area contributed by atoms with Gasteiger partial charge in [-0.25, -0.2) is 0 Å². The van der Waals surface area contributed by atoms with Crippen LogP contribution >= 0.6 is 15.8 Å². The number of hydrogen-bond donors (Lipinski definition) is 0. The summed E-state index contributed by atoms with van der Waals surface area (Å²) in [6, 6.07) is 45.5. The fraction of sp³-hybridized carbons (Fsp3) is 0.250. The van der Waals surface area contributed by atoms with E-state index in [-0.39, 0.29) is 5.41 Å². The summed E-state index contributed by atoms with van der Waals surface area (Å²) in [5.74, 6) is 0.785. The SMILES string of the molecule is CC(C)(C1CCC1)C(P(c1ccccc1)c1ccccc1)P(c1ccccc1)c1ccccc1. The predicted molar refractivity (Wildman–Crippen MR) is 153 cm³/mol. The van der Waals surface area contributed by atoms with Gasteiger partial charge in [0, 0.05) is 5.40 Å². The van der Waals surface area contributed by atoms with Crippen LogP contribution in [0, 0.1) is 11.3 Å². The zero-order valence-electron chi connectivity index (χ0n) is 20.2. The molecule has 4 aromatic rings. The van der Waals surface area contributed by atoms with Gasteiger partial charge in [0.1, 0.15) is 0 Å². The summed E-state index contributed by atoms with van der Waals surface area (Å²) in [6.07, 6.45) is 4.11. The molecule has 2 heteroatoms. The first-order valence-corrected chi connectivity index (χ1v) is 15.3. The molecule has 0 nitrogen and oxygen atoms in total. The van der Waals surface area contributed by atoms with Crippen LogP contribution < -0.4 is 21.2 Å². The summed E-state index contributed by atoms with van der Waals surface area (Å²) in [7, 11) is -1.13. The molecule has 5 rings (SSSR count). The second-order valence-corrected chi connectivity index (χ2v) is 14.9. The van der Waals surface area contributed by atoms with Crippen molar-refractivity contribution < 1.29 is 0 Å². The molecule has 0 N–H and O–H groups in total. The lowest BCUT2D eigenvalue weighted by Gasteiger charge is -2.51. The summed E-state index contributed by atoms with van der Waals surface area (Å²) in [6.45, 7) is 5.17. The first-order chi connectivity index (χ1) is 16.7. The Morgan fingerprint density at radius 2 is 0.824 bits per heavy atom. The molecule has 1 aliphatic carbocycles. The highest BCUT2D eigenvalue weighted by molar-refractivity contribution is 7.89. The molecule has 0 amide bonds. The second-order valence-electron chi connectivity index (χ2n) is 9.91. The van der Waals surface area contributed by atoms with Gasteiger partial charge in [-0.05, 0) is 61.2 Å². The van der Waals surface area contributed by atoms with Crippen molar-refractivity contribution >= 4 is 37.1 Å². The molecule has 0 radical (unpaired) electrons. The van der Waals surface area contributed by atoms with Gasteiger partial charge in [-0.1, -0.05) is 142 Å². The Labute approximate surface area is 208 Å². The van der Waals surface area contributed by atoms with Gasteiger partial charge in [0.05, 0.1) is 0 Å². The highest BCUT2D eigenvalue weighted by Gasteiger charge is 2.48. The molecular formula is C32H34P2. The zero-order chi connectivity index (χ0) is 23.4. The van der Waals surface area contributed by atoms with E-state index in [1.165, 1.54) is 40.5 Å². The number of benzene rings is 4. The largest absolute Gasteiger partial charge is 0.0622 e.